The SMILES string of the molecule is O=C(CSc1ccccc1)N1CCC(c2nc(C3CC3)n[nH]2)CC1. The van der Waals surface area contributed by atoms with Crippen LogP contribution in [0.3, 0.4) is 0 Å². The van der Waals surface area contributed by atoms with E-state index < -0.39 is 0 Å². The van der Waals surface area contributed by atoms with Gasteiger partial charge in [0.25, 0.3) is 0 Å². The highest BCUT2D eigenvalue weighted by atomic mass is 32.2. The average Bonchev–Trinajstić information content (AvgIpc) is 3.38. The Labute approximate surface area is 146 Å². The van der Waals surface area contributed by atoms with Crippen molar-refractivity contribution in [2.24, 2.45) is 0 Å². The van der Waals surface area contributed by atoms with Gasteiger partial charge in [-0.2, -0.15) is 5.10 Å². The zero-order valence-corrected chi connectivity index (χ0v) is 14.5. The molecule has 0 atom stereocenters. The van der Waals surface area contributed by atoms with Gasteiger partial charge in [-0.3, -0.25) is 9.89 Å². The summed E-state index contributed by atoms with van der Waals surface area (Å²) in [4.78, 5) is 20.2. The quantitative estimate of drug-likeness (QED) is 0.848. The minimum Gasteiger partial charge on any atom is -0.342 e. The third-order valence-electron chi connectivity index (χ3n) is 4.80. The predicted octanol–water partition coefficient (Wildman–Crippen LogP) is 3.18. The number of carbonyl (C=O) groups is 1. The number of piperidine rings is 1. The van der Waals surface area contributed by atoms with Crippen molar-refractivity contribution in [2.75, 3.05) is 18.8 Å². The van der Waals surface area contributed by atoms with Crippen molar-refractivity contribution in [3.63, 3.8) is 0 Å². The van der Waals surface area contributed by atoms with Gasteiger partial charge in [-0.05, 0) is 37.8 Å². The van der Waals surface area contributed by atoms with E-state index in [0.29, 0.717) is 17.6 Å². The summed E-state index contributed by atoms with van der Waals surface area (Å²) in [6.07, 6.45) is 4.40. The third kappa shape index (κ3) is 3.64. The number of nitrogens with one attached hydrogen (secondary N) is 1. The lowest BCUT2D eigenvalue weighted by atomic mass is 9.96. The van der Waals surface area contributed by atoms with Gasteiger partial charge in [0.1, 0.15) is 5.82 Å². The molecule has 2 fully saturated rings. The zero-order valence-electron chi connectivity index (χ0n) is 13.6. The molecule has 1 aromatic heterocycles. The highest BCUT2D eigenvalue weighted by molar-refractivity contribution is 8.00. The van der Waals surface area contributed by atoms with Gasteiger partial charge in [-0.1, -0.05) is 18.2 Å². The van der Waals surface area contributed by atoms with Crippen LogP contribution in [0.5, 0.6) is 0 Å². The molecule has 1 N–H and O–H groups in total. The van der Waals surface area contributed by atoms with Crippen LogP contribution in [-0.4, -0.2) is 44.8 Å². The maximum atomic E-state index is 12.4. The van der Waals surface area contributed by atoms with Gasteiger partial charge < -0.3 is 4.90 Å². The second-order valence-electron chi connectivity index (χ2n) is 6.61. The van der Waals surface area contributed by atoms with Crippen LogP contribution in [0.1, 0.15) is 49.2 Å². The van der Waals surface area contributed by atoms with Crippen LogP contribution < -0.4 is 0 Å². The standard InChI is InChI=1S/C18H22N4OS/c23-16(12-24-15-4-2-1-3-5-15)22-10-8-14(9-11-22)18-19-17(20-21-18)13-6-7-13/h1-5,13-14H,6-12H2,(H,19,20,21). The van der Waals surface area contributed by atoms with Gasteiger partial charge in [-0.25, -0.2) is 4.98 Å². The average molecular weight is 342 g/mol. The number of thioether (sulfide) groups is 1. The van der Waals surface area contributed by atoms with Gasteiger partial charge in [0.2, 0.25) is 5.91 Å². The first-order chi connectivity index (χ1) is 11.8. The Morgan fingerprint density at radius 3 is 2.58 bits per heavy atom. The van der Waals surface area contributed by atoms with Crippen LogP contribution in [0, 0.1) is 0 Å². The fourth-order valence-corrected chi connectivity index (χ4v) is 3.97. The van der Waals surface area contributed by atoms with Crippen LogP contribution in [0.2, 0.25) is 0 Å². The molecule has 2 aromatic rings. The predicted molar refractivity (Wildman–Crippen MR) is 94.1 cm³/mol. The van der Waals surface area contributed by atoms with E-state index in [1.54, 1.807) is 11.8 Å². The number of carbonyl (C=O) groups excluding carboxylic acids is 1. The number of aromatic amines is 1. The molecule has 1 amide bonds. The lowest BCUT2D eigenvalue weighted by Gasteiger charge is -2.31. The molecule has 6 heteroatoms. The first-order valence-electron chi connectivity index (χ1n) is 8.67. The Balaban J connectivity index is 1.26. The number of aromatic nitrogens is 3. The molecule has 0 bridgehead atoms. The van der Waals surface area contributed by atoms with Gasteiger partial charge in [0.05, 0.1) is 5.75 Å². The molecule has 1 aliphatic carbocycles. The smallest absolute Gasteiger partial charge is 0.232 e. The molecule has 1 aromatic carbocycles. The number of amides is 1. The maximum Gasteiger partial charge on any atom is 0.232 e. The van der Waals surface area contributed by atoms with E-state index in [4.69, 9.17) is 0 Å². The number of H-pyrrole nitrogens is 1. The molecule has 126 valence electrons. The van der Waals surface area contributed by atoms with E-state index in [1.165, 1.54) is 12.8 Å². The molecule has 0 radical (unpaired) electrons. The molecular formula is C18H22N4OS. The van der Waals surface area contributed by atoms with Crippen LogP contribution >= 0.6 is 11.8 Å². The highest BCUT2D eigenvalue weighted by Gasteiger charge is 2.30. The van der Waals surface area contributed by atoms with Gasteiger partial charge in [0, 0.05) is 29.8 Å². The Morgan fingerprint density at radius 2 is 1.88 bits per heavy atom. The highest BCUT2D eigenvalue weighted by Crippen LogP contribution is 2.38. The lowest BCUT2D eigenvalue weighted by Crippen LogP contribution is -2.39. The van der Waals surface area contributed by atoms with Crippen LogP contribution in [0.4, 0.5) is 0 Å². The third-order valence-corrected chi connectivity index (χ3v) is 5.80. The van der Waals surface area contributed by atoms with Crippen molar-refractivity contribution in [3.8, 4) is 0 Å². The molecule has 1 saturated heterocycles. The fraction of sp³-hybridized carbons (Fsp3) is 0.500. The Hall–Kier alpha value is -1.82. The largest absolute Gasteiger partial charge is 0.342 e. The lowest BCUT2D eigenvalue weighted by molar-refractivity contribution is -0.129. The summed E-state index contributed by atoms with van der Waals surface area (Å²) >= 11 is 1.61. The summed E-state index contributed by atoms with van der Waals surface area (Å²) in [6.45, 7) is 1.64. The molecule has 2 aliphatic rings. The topological polar surface area (TPSA) is 61.9 Å². The molecular weight excluding hydrogens is 320 g/mol. The summed E-state index contributed by atoms with van der Waals surface area (Å²) in [7, 11) is 0. The van der Waals surface area contributed by atoms with E-state index in [0.717, 1.165) is 42.5 Å². The normalized spacial score (nSPS) is 18.8. The van der Waals surface area contributed by atoms with Crippen LogP contribution in [-0.2, 0) is 4.79 Å². The van der Waals surface area contributed by atoms with E-state index in [1.807, 2.05) is 35.2 Å². The van der Waals surface area contributed by atoms with Gasteiger partial charge in [0.15, 0.2) is 5.82 Å². The zero-order chi connectivity index (χ0) is 16.4. The van der Waals surface area contributed by atoms with Crippen LogP contribution in [0.15, 0.2) is 35.2 Å². The van der Waals surface area contributed by atoms with Crippen LogP contribution in [0.25, 0.3) is 0 Å². The van der Waals surface area contributed by atoms with Gasteiger partial charge >= 0.3 is 0 Å². The molecule has 0 unspecified atom stereocenters. The fourth-order valence-electron chi connectivity index (χ4n) is 3.15. The van der Waals surface area contributed by atoms with Crippen molar-refractivity contribution in [3.05, 3.63) is 42.0 Å². The molecule has 1 saturated carbocycles. The molecule has 0 spiro atoms. The summed E-state index contributed by atoms with van der Waals surface area (Å²) in [5.41, 5.74) is 0. The molecule has 5 nitrogen and oxygen atoms in total. The summed E-state index contributed by atoms with van der Waals surface area (Å²) < 4.78 is 0. The summed E-state index contributed by atoms with van der Waals surface area (Å²) in [5.74, 6) is 3.76. The van der Waals surface area contributed by atoms with Crippen molar-refractivity contribution >= 4 is 17.7 Å². The minimum absolute atomic E-state index is 0.235. The molecule has 2 heterocycles. The number of benzene rings is 1. The molecule has 24 heavy (non-hydrogen) atoms. The first-order valence-corrected chi connectivity index (χ1v) is 9.66. The summed E-state index contributed by atoms with van der Waals surface area (Å²) in [6, 6.07) is 10.1. The van der Waals surface area contributed by atoms with Crippen molar-refractivity contribution < 1.29 is 4.79 Å². The number of likely N-dealkylation sites (tertiary alicyclic amines) is 1. The Bertz CT molecular complexity index is 690. The second-order valence-corrected chi connectivity index (χ2v) is 7.66. The maximum absolute atomic E-state index is 12.4. The van der Waals surface area contributed by atoms with E-state index in [2.05, 4.69) is 15.2 Å². The first kappa shape index (κ1) is 15.7. The van der Waals surface area contributed by atoms with Crippen molar-refractivity contribution in [2.45, 2.75) is 42.4 Å². The minimum atomic E-state index is 0.235. The number of rotatable bonds is 5. The number of hydrogen-bond acceptors (Lipinski definition) is 4. The molecule has 4 rings (SSSR count). The number of hydrogen-bond donors (Lipinski definition) is 1. The molecule has 1 aliphatic heterocycles. The van der Waals surface area contributed by atoms with Gasteiger partial charge in [-0.15, -0.1) is 11.8 Å². The number of nitrogens with zero attached hydrogens (tertiary/aromatic N) is 3. The summed E-state index contributed by atoms with van der Waals surface area (Å²) in [5, 5.41) is 7.47. The second kappa shape index (κ2) is 6.97. The monoisotopic (exact) mass is 342 g/mol. The Kier molecular flexibility index (Phi) is 4.56. The Morgan fingerprint density at radius 1 is 1.12 bits per heavy atom. The van der Waals surface area contributed by atoms with Crippen molar-refractivity contribution in [1.29, 1.82) is 0 Å². The van der Waals surface area contributed by atoms with E-state index >= 15 is 0 Å². The van der Waals surface area contributed by atoms with E-state index in [-0.39, 0.29) is 5.91 Å². The van der Waals surface area contributed by atoms with E-state index in [9.17, 15) is 4.79 Å². The van der Waals surface area contributed by atoms with Crippen molar-refractivity contribution in [1.82, 2.24) is 20.1 Å².